The number of rotatable bonds is 5. The van der Waals surface area contributed by atoms with Gasteiger partial charge in [0, 0.05) is 11.6 Å². The number of carboxylic acid groups (broad SMARTS) is 1. The zero-order chi connectivity index (χ0) is 15.4. The van der Waals surface area contributed by atoms with Crippen molar-refractivity contribution in [3.8, 4) is 11.3 Å². The summed E-state index contributed by atoms with van der Waals surface area (Å²) in [6.07, 6.45) is 0. The van der Waals surface area contributed by atoms with E-state index >= 15 is 0 Å². The number of nitro groups is 1. The van der Waals surface area contributed by atoms with Gasteiger partial charge in [-0.1, -0.05) is 30.3 Å². The molecule has 108 valence electrons. The minimum Gasteiger partial charge on any atom is -0.480 e. The van der Waals surface area contributed by atoms with Gasteiger partial charge in [-0.2, -0.15) is 0 Å². The van der Waals surface area contributed by atoms with Crippen LogP contribution in [0.15, 0.2) is 42.5 Å². The van der Waals surface area contributed by atoms with Crippen molar-refractivity contribution in [2.75, 3.05) is 5.32 Å². The van der Waals surface area contributed by atoms with Gasteiger partial charge in [0.05, 0.1) is 10.6 Å². The van der Waals surface area contributed by atoms with Crippen molar-refractivity contribution in [2.45, 2.75) is 13.0 Å². The molecule has 7 heteroatoms. The largest absolute Gasteiger partial charge is 0.480 e. The molecule has 1 aromatic heterocycles. The molecule has 7 nitrogen and oxygen atoms in total. The molecule has 0 aliphatic heterocycles. The molecule has 0 amide bonds. The molecule has 0 aliphatic rings. The molecule has 1 atom stereocenters. The fourth-order valence-electron chi connectivity index (χ4n) is 1.74. The Morgan fingerprint density at radius 3 is 2.52 bits per heavy atom. The number of pyridine rings is 1. The number of aliphatic carboxylic acids is 1. The zero-order valence-electron chi connectivity index (χ0n) is 11.2. The van der Waals surface area contributed by atoms with Gasteiger partial charge in [0.1, 0.15) is 6.04 Å². The fourth-order valence-corrected chi connectivity index (χ4v) is 1.74. The first-order valence-corrected chi connectivity index (χ1v) is 6.19. The van der Waals surface area contributed by atoms with Gasteiger partial charge < -0.3 is 10.4 Å². The molecule has 0 spiro atoms. The highest BCUT2D eigenvalue weighted by Gasteiger charge is 2.20. The van der Waals surface area contributed by atoms with Crippen LogP contribution in [-0.2, 0) is 4.79 Å². The summed E-state index contributed by atoms with van der Waals surface area (Å²) in [5.74, 6) is -1.17. The Kier molecular flexibility index (Phi) is 4.13. The maximum absolute atomic E-state index is 11.0. The zero-order valence-corrected chi connectivity index (χ0v) is 11.2. The first kappa shape index (κ1) is 14.4. The molecule has 0 radical (unpaired) electrons. The highest BCUT2D eigenvalue weighted by atomic mass is 16.6. The lowest BCUT2D eigenvalue weighted by Gasteiger charge is -2.11. The van der Waals surface area contributed by atoms with Crippen molar-refractivity contribution >= 4 is 17.5 Å². The monoisotopic (exact) mass is 287 g/mol. The fraction of sp³-hybridized carbons (Fsp3) is 0.143. The molecule has 2 N–H and O–H groups in total. The summed E-state index contributed by atoms with van der Waals surface area (Å²) < 4.78 is 0. The molecule has 21 heavy (non-hydrogen) atoms. The molecule has 0 fully saturated rings. The topological polar surface area (TPSA) is 105 Å². The van der Waals surface area contributed by atoms with Crippen LogP contribution in [0.1, 0.15) is 6.92 Å². The molecule has 1 aromatic carbocycles. The van der Waals surface area contributed by atoms with Gasteiger partial charge in [-0.05, 0) is 13.0 Å². The van der Waals surface area contributed by atoms with E-state index in [9.17, 15) is 14.9 Å². The number of hydrogen-bond donors (Lipinski definition) is 2. The van der Waals surface area contributed by atoms with E-state index in [1.807, 2.05) is 30.3 Å². The lowest BCUT2D eigenvalue weighted by Crippen LogP contribution is -2.26. The van der Waals surface area contributed by atoms with Crippen molar-refractivity contribution < 1.29 is 14.8 Å². The van der Waals surface area contributed by atoms with E-state index in [1.165, 1.54) is 19.1 Å². The van der Waals surface area contributed by atoms with Crippen LogP contribution in [0, 0.1) is 10.1 Å². The average molecular weight is 287 g/mol. The summed E-state index contributed by atoms with van der Waals surface area (Å²) >= 11 is 0. The number of carbonyl (C=O) groups is 1. The molecule has 0 aliphatic carbocycles. The van der Waals surface area contributed by atoms with E-state index < -0.39 is 16.9 Å². The van der Waals surface area contributed by atoms with Crippen molar-refractivity contribution in [2.24, 2.45) is 0 Å². The Hall–Kier alpha value is -2.96. The van der Waals surface area contributed by atoms with Gasteiger partial charge in [-0.3, -0.25) is 14.9 Å². The van der Waals surface area contributed by atoms with Crippen LogP contribution in [0.3, 0.4) is 0 Å². The van der Waals surface area contributed by atoms with Gasteiger partial charge in [0.15, 0.2) is 0 Å². The molecule has 0 bridgehead atoms. The SMILES string of the molecule is C[C@@H](Nc1nc(-c2ccccc2)ccc1[N+](=O)[O-])C(=O)O. The molecule has 1 heterocycles. The van der Waals surface area contributed by atoms with Crippen molar-refractivity contribution in [1.29, 1.82) is 0 Å². The van der Waals surface area contributed by atoms with E-state index in [2.05, 4.69) is 10.3 Å². The minimum atomic E-state index is -1.11. The van der Waals surface area contributed by atoms with E-state index in [0.29, 0.717) is 5.69 Å². The number of hydrogen-bond acceptors (Lipinski definition) is 5. The summed E-state index contributed by atoms with van der Waals surface area (Å²) in [5.41, 5.74) is 1.06. The second-order valence-corrected chi connectivity index (χ2v) is 4.39. The normalized spacial score (nSPS) is 11.7. The van der Waals surface area contributed by atoms with Gasteiger partial charge in [-0.25, -0.2) is 4.98 Å². The first-order valence-electron chi connectivity index (χ1n) is 6.19. The standard InChI is InChI=1S/C14H13N3O4/c1-9(14(18)19)15-13-12(17(20)21)8-7-11(16-13)10-5-3-2-4-6-10/h2-9H,1H3,(H,15,16)(H,18,19)/t9-/m1/s1. The number of benzene rings is 1. The van der Waals surface area contributed by atoms with Crippen LogP contribution in [0.2, 0.25) is 0 Å². The third-order valence-electron chi connectivity index (χ3n) is 2.86. The predicted octanol–water partition coefficient (Wildman–Crippen LogP) is 2.54. The number of carboxylic acids is 1. The Bertz CT molecular complexity index is 673. The van der Waals surface area contributed by atoms with Gasteiger partial charge in [0.25, 0.3) is 0 Å². The van der Waals surface area contributed by atoms with Crippen molar-refractivity contribution in [3.05, 3.63) is 52.6 Å². The van der Waals surface area contributed by atoms with Crippen LogP contribution in [0.4, 0.5) is 11.5 Å². The van der Waals surface area contributed by atoms with Crippen LogP contribution < -0.4 is 5.32 Å². The molecule has 0 unspecified atom stereocenters. The molecule has 2 rings (SSSR count). The predicted molar refractivity (Wildman–Crippen MR) is 77.0 cm³/mol. The maximum Gasteiger partial charge on any atom is 0.325 e. The van der Waals surface area contributed by atoms with E-state index in [0.717, 1.165) is 5.56 Å². The smallest absolute Gasteiger partial charge is 0.325 e. The van der Waals surface area contributed by atoms with Crippen molar-refractivity contribution in [1.82, 2.24) is 4.98 Å². The molecular formula is C14H13N3O4. The van der Waals surface area contributed by atoms with Crippen LogP contribution in [0.5, 0.6) is 0 Å². The highest BCUT2D eigenvalue weighted by molar-refractivity contribution is 5.78. The molecule has 0 saturated carbocycles. The van der Waals surface area contributed by atoms with Gasteiger partial charge in [-0.15, -0.1) is 0 Å². The first-order chi connectivity index (χ1) is 9.99. The molecular weight excluding hydrogens is 274 g/mol. The third-order valence-corrected chi connectivity index (χ3v) is 2.86. The quantitative estimate of drug-likeness (QED) is 0.646. The molecule has 2 aromatic rings. The third kappa shape index (κ3) is 3.33. The summed E-state index contributed by atoms with van der Waals surface area (Å²) in [6, 6.07) is 11.0. The molecule has 0 saturated heterocycles. The lowest BCUT2D eigenvalue weighted by molar-refractivity contribution is -0.384. The van der Waals surface area contributed by atoms with Crippen LogP contribution in [0.25, 0.3) is 11.3 Å². The van der Waals surface area contributed by atoms with Gasteiger partial charge in [0.2, 0.25) is 5.82 Å². The van der Waals surface area contributed by atoms with Gasteiger partial charge >= 0.3 is 11.7 Å². The van der Waals surface area contributed by atoms with E-state index in [4.69, 9.17) is 5.11 Å². The lowest BCUT2D eigenvalue weighted by atomic mass is 10.1. The number of nitrogens with zero attached hydrogens (tertiary/aromatic N) is 2. The Balaban J connectivity index is 2.44. The van der Waals surface area contributed by atoms with E-state index in [1.54, 1.807) is 0 Å². The average Bonchev–Trinajstić information content (AvgIpc) is 2.47. The second kappa shape index (κ2) is 6.00. The Morgan fingerprint density at radius 1 is 1.29 bits per heavy atom. The second-order valence-electron chi connectivity index (χ2n) is 4.39. The summed E-state index contributed by atoms with van der Waals surface area (Å²) in [6.45, 7) is 1.39. The summed E-state index contributed by atoms with van der Waals surface area (Å²) in [7, 11) is 0. The van der Waals surface area contributed by atoms with Crippen LogP contribution >= 0.6 is 0 Å². The van der Waals surface area contributed by atoms with Crippen LogP contribution in [-0.4, -0.2) is 27.0 Å². The maximum atomic E-state index is 11.0. The van der Waals surface area contributed by atoms with Crippen molar-refractivity contribution in [3.63, 3.8) is 0 Å². The van der Waals surface area contributed by atoms with E-state index in [-0.39, 0.29) is 11.5 Å². The highest BCUT2D eigenvalue weighted by Crippen LogP contribution is 2.27. The number of nitrogens with one attached hydrogen (secondary N) is 1. The number of aromatic nitrogens is 1. The Labute approximate surface area is 120 Å². The Morgan fingerprint density at radius 2 is 1.95 bits per heavy atom. The summed E-state index contributed by atoms with van der Waals surface area (Å²) in [4.78, 5) is 25.5. The minimum absolute atomic E-state index is 0.0590. The number of anilines is 1. The summed E-state index contributed by atoms with van der Waals surface area (Å²) in [5, 5.41) is 22.4.